The summed E-state index contributed by atoms with van der Waals surface area (Å²) in [6, 6.07) is 0.418. The fraction of sp³-hybridized carbons (Fsp3) is 0.952. The molecule has 0 aromatic rings. The minimum Gasteiger partial charge on any atom is -0.357 e. The fourth-order valence-electron chi connectivity index (χ4n) is 4.11. The summed E-state index contributed by atoms with van der Waals surface area (Å²) in [5.41, 5.74) is 0. The molecule has 0 unspecified atom stereocenters. The summed E-state index contributed by atoms with van der Waals surface area (Å²) in [6.45, 7) is 10.2. The molecule has 2 aliphatic rings. The number of halogens is 1. The molecule has 0 aromatic carbocycles. The highest BCUT2D eigenvalue weighted by molar-refractivity contribution is 14.0. The number of guanidine groups is 1. The quantitative estimate of drug-likeness (QED) is 0.176. The summed E-state index contributed by atoms with van der Waals surface area (Å²) in [7, 11) is -2.88. The number of nitrogens with zero attached hydrogens (tertiary/aromatic N) is 3. The van der Waals surface area contributed by atoms with Crippen molar-refractivity contribution in [3.05, 3.63) is 0 Å². The van der Waals surface area contributed by atoms with Crippen molar-refractivity contribution >= 4 is 39.8 Å². The Labute approximate surface area is 201 Å². The first-order valence-corrected chi connectivity index (χ1v) is 13.7. The summed E-state index contributed by atoms with van der Waals surface area (Å²) in [6.07, 6.45) is 11.2. The number of nitrogens with one attached hydrogen (secondary N) is 2. The maximum Gasteiger partial charge on any atom is 0.191 e. The van der Waals surface area contributed by atoms with Crippen molar-refractivity contribution in [2.24, 2.45) is 4.99 Å². The lowest BCUT2D eigenvalue weighted by Gasteiger charge is -2.32. The number of hydrogen-bond donors (Lipinski definition) is 2. The van der Waals surface area contributed by atoms with E-state index in [4.69, 9.17) is 4.99 Å². The van der Waals surface area contributed by atoms with Crippen LogP contribution in [0.25, 0.3) is 0 Å². The first-order valence-electron chi connectivity index (χ1n) is 11.6. The van der Waals surface area contributed by atoms with Gasteiger partial charge in [-0.05, 0) is 65.1 Å². The van der Waals surface area contributed by atoms with Gasteiger partial charge in [0.1, 0.15) is 9.84 Å². The molecule has 0 aromatic heterocycles. The average Bonchev–Trinajstić information content (AvgIpc) is 2.70. The van der Waals surface area contributed by atoms with Crippen LogP contribution in [0.1, 0.15) is 58.3 Å². The van der Waals surface area contributed by atoms with E-state index in [0.717, 1.165) is 51.4 Å². The van der Waals surface area contributed by atoms with Gasteiger partial charge in [-0.25, -0.2) is 8.42 Å². The molecule has 7 nitrogen and oxygen atoms in total. The highest BCUT2D eigenvalue weighted by Gasteiger charge is 2.20. The molecule has 178 valence electrons. The molecular formula is C21H44IN5O2S. The molecule has 0 amide bonds. The summed E-state index contributed by atoms with van der Waals surface area (Å²) < 4.78 is 22.7. The Kier molecular flexibility index (Phi) is 14.5. The van der Waals surface area contributed by atoms with Crippen LogP contribution in [0.2, 0.25) is 0 Å². The molecule has 0 atom stereocenters. The predicted octanol–water partition coefficient (Wildman–Crippen LogP) is 2.32. The van der Waals surface area contributed by atoms with Gasteiger partial charge in [-0.2, -0.15) is 0 Å². The molecule has 2 heterocycles. The van der Waals surface area contributed by atoms with Crippen LogP contribution in [0, 0.1) is 0 Å². The van der Waals surface area contributed by atoms with Crippen molar-refractivity contribution in [1.82, 2.24) is 20.4 Å². The van der Waals surface area contributed by atoms with Crippen LogP contribution in [-0.2, 0) is 9.84 Å². The van der Waals surface area contributed by atoms with Gasteiger partial charge in [0.2, 0.25) is 0 Å². The highest BCUT2D eigenvalue weighted by Crippen LogP contribution is 2.11. The van der Waals surface area contributed by atoms with Crippen LogP contribution in [0.15, 0.2) is 4.99 Å². The Hall–Kier alpha value is -0.130. The van der Waals surface area contributed by atoms with Crippen LogP contribution < -0.4 is 10.6 Å². The van der Waals surface area contributed by atoms with Crippen molar-refractivity contribution in [3.8, 4) is 0 Å². The van der Waals surface area contributed by atoms with Gasteiger partial charge in [0, 0.05) is 45.0 Å². The van der Waals surface area contributed by atoms with Crippen LogP contribution in [0.4, 0.5) is 0 Å². The molecule has 0 spiro atoms. The topological polar surface area (TPSA) is 77.0 Å². The van der Waals surface area contributed by atoms with E-state index in [9.17, 15) is 8.42 Å². The van der Waals surface area contributed by atoms with Gasteiger partial charge in [-0.1, -0.05) is 12.8 Å². The van der Waals surface area contributed by atoms with E-state index in [0.29, 0.717) is 12.6 Å². The molecule has 9 heteroatoms. The van der Waals surface area contributed by atoms with Gasteiger partial charge in [0.15, 0.2) is 5.96 Å². The molecule has 2 N–H and O–H groups in total. The standard InChI is InChI=1S/C21H43N5O2S.HI/c1-3-22-21(23-12-6-4-7-13-25-14-8-5-9-15-25)24-20-10-16-26(17-11-20)18-19-29(2,27)28;/h20H,3-19H2,1-2H3,(H2,22,23,24);1H. The minimum absolute atomic E-state index is 0. The molecule has 0 saturated carbocycles. The van der Waals surface area contributed by atoms with Crippen molar-refractivity contribution in [2.45, 2.75) is 64.3 Å². The van der Waals surface area contributed by atoms with E-state index in [1.807, 2.05) is 0 Å². The van der Waals surface area contributed by atoms with Crippen LogP contribution in [-0.4, -0.2) is 94.6 Å². The molecular weight excluding hydrogens is 513 g/mol. The molecule has 2 aliphatic heterocycles. The van der Waals surface area contributed by atoms with Gasteiger partial charge in [-0.3, -0.25) is 4.99 Å². The zero-order chi connectivity index (χ0) is 21.0. The van der Waals surface area contributed by atoms with E-state index in [2.05, 4.69) is 27.4 Å². The predicted molar refractivity (Wildman–Crippen MR) is 138 cm³/mol. The van der Waals surface area contributed by atoms with Gasteiger partial charge >= 0.3 is 0 Å². The maximum absolute atomic E-state index is 11.3. The number of sulfone groups is 1. The molecule has 2 fully saturated rings. The summed E-state index contributed by atoms with van der Waals surface area (Å²) in [4.78, 5) is 9.63. The number of hydrogen-bond acceptors (Lipinski definition) is 5. The van der Waals surface area contributed by atoms with Gasteiger partial charge in [-0.15, -0.1) is 24.0 Å². The minimum atomic E-state index is -2.88. The lowest BCUT2D eigenvalue weighted by atomic mass is 10.1. The fourth-order valence-corrected chi connectivity index (χ4v) is 4.70. The Morgan fingerprint density at radius 1 is 0.967 bits per heavy atom. The Morgan fingerprint density at radius 2 is 1.63 bits per heavy atom. The second-order valence-electron chi connectivity index (χ2n) is 8.61. The van der Waals surface area contributed by atoms with E-state index in [1.165, 1.54) is 58.0 Å². The summed E-state index contributed by atoms with van der Waals surface area (Å²) >= 11 is 0. The Morgan fingerprint density at radius 3 is 2.27 bits per heavy atom. The smallest absolute Gasteiger partial charge is 0.191 e. The summed E-state index contributed by atoms with van der Waals surface area (Å²) in [5.74, 6) is 1.19. The van der Waals surface area contributed by atoms with Crippen molar-refractivity contribution in [3.63, 3.8) is 0 Å². The SMILES string of the molecule is CCNC(=NCCCCCN1CCCCC1)NC1CCN(CCS(C)(=O)=O)CC1.I. The maximum atomic E-state index is 11.3. The largest absolute Gasteiger partial charge is 0.357 e. The van der Waals surface area contributed by atoms with Gasteiger partial charge in [0.25, 0.3) is 0 Å². The first-order chi connectivity index (χ1) is 14.0. The molecule has 0 radical (unpaired) electrons. The van der Waals surface area contributed by atoms with Gasteiger partial charge < -0.3 is 20.4 Å². The second-order valence-corrected chi connectivity index (χ2v) is 10.9. The lowest BCUT2D eigenvalue weighted by Crippen LogP contribution is -2.49. The highest BCUT2D eigenvalue weighted by atomic mass is 127. The van der Waals surface area contributed by atoms with E-state index >= 15 is 0 Å². The summed E-state index contributed by atoms with van der Waals surface area (Å²) in [5, 5.41) is 6.94. The third-order valence-corrected chi connectivity index (χ3v) is 6.83. The monoisotopic (exact) mass is 557 g/mol. The number of rotatable bonds is 11. The third kappa shape index (κ3) is 12.7. The van der Waals surface area contributed by atoms with E-state index in [-0.39, 0.29) is 29.7 Å². The number of likely N-dealkylation sites (tertiary alicyclic amines) is 2. The Bertz CT molecular complexity index is 574. The van der Waals surface area contributed by atoms with Gasteiger partial charge in [0.05, 0.1) is 5.75 Å². The number of unbranched alkanes of at least 4 members (excludes halogenated alkanes) is 2. The molecule has 2 saturated heterocycles. The van der Waals surface area contributed by atoms with Crippen molar-refractivity contribution < 1.29 is 8.42 Å². The lowest BCUT2D eigenvalue weighted by molar-refractivity contribution is 0.216. The Balaban J connectivity index is 0.00000450. The number of piperidine rings is 2. The second kappa shape index (κ2) is 15.6. The molecule has 2 rings (SSSR count). The molecule has 0 aliphatic carbocycles. The molecule has 30 heavy (non-hydrogen) atoms. The number of aliphatic imine (C=N–C) groups is 1. The third-order valence-electron chi connectivity index (χ3n) is 5.90. The zero-order valence-electron chi connectivity index (χ0n) is 19.1. The van der Waals surface area contributed by atoms with Crippen molar-refractivity contribution in [2.75, 3.05) is 64.4 Å². The normalized spacial score (nSPS) is 20.0. The van der Waals surface area contributed by atoms with Crippen LogP contribution >= 0.6 is 24.0 Å². The average molecular weight is 558 g/mol. The van der Waals surface area contributed by atoms with Crippen molar-refractivity contribution in [1.29, 1.82) is 0 Å². The zero-order valence-corrected chi connectivity index (χ0v) is 22.2. The molecule has 0 bridgehead atoms. The van der Waals surface area contributed by atoms with E-state index < -0.39 is 9.84 Å². The van der Waals surface area contributed by atoms with E-state index in [1.54, 1.807) is 0 Å². The van der Waals surface area contributed by atoms with Crippen LogP contribution in [0.5, 0.6) is 0 Å². The first kappa shape index (κ1) is 27.9. The van der Waals surface area contributed by atoms with Crippen LogP contribution in [0.3, 0.4) is 0 Å².